The third-order valence-corrected chi connectivity index (χ3v) is 6.63. The smallest absolute Gasteiger partial charge is 0.326 e. The molecule has 0 spiro atoms. The first-order valence-corrected chi connectivity index (χ1v) is 12.6. The number of H-pyrrole nitrogens is 1. The number of aromatic amines is 1. The molecule has 4 atom stereocenters. The van der Waals surface area contributed by atoms with Crippen LogP contribution < -0.4 is 21.7 Å². The lowest BCUT2D eigenvalue weighted by Gasteiger charge is -2.22. The second-order valence-corrected chi connectivity index (χ2v) is 9.40. The zero-order chi connectivity index (χ0) is 27.7. The Labute approximate surface area is 221 Å². The van der Waals surface area contributed by atoms with Crippen LogP contribution in [0.1, 0.15) is 31.4 Å². The highest BCUT2D eigenvalue weighted by molar-refractivity contribution is 5.93. The molecule has 3 rings (SSSR count). The van der Waals surface area contributed by atoms with Crippen molar-refractivity contribution in [2.75, 3.05) is 6.54 Å². The number of nitrogens with one attached hydrogen (secondary N) is 4. The van der Waals surface area contributed by atoms with Gasteiger partial charge in [0.2, 0.25) is 17.7 Å². The highest BCUT2D eigenvalue weighted by Crippen LogP contribution is 2.19. The molecule has 4 unspecified atom stereocenters. The summed E-state index contributed by atoms with van der Waals surface area (Å²) in [4.78, 5) is 53.4. The van der Waals surface area contributed by atoms with Crippen LogP contribution in [0.2, 0.25) is 0 Å². The summed E-state index contributed by atoms with van der Waals surface area (Å²) in [6.07, 6.45) is 2.66. The number of nitrogens with two attached hydrogens (primary N) is 1. The van der Waals surface area contributed by atoms with Crippen LogP contribution in [0.3, 0.4) is 0 Å². The molecule has 0 radical (unpaired) electrons. The zero-order valence-electron chi connectivity index (χ0n) is 21.6. The molecule has 3 aromatic rings. The number of fused-ring (bicyclic) bond motifs is 1. The normalized spacial score (nSPS) is 14.2. The minimum absolute atomic E-state index is 0.0592. The first kappa shape index (κ1) is 28.4. The van der Waals surface area contributed by atoms with Crippen molar-refractivity contribution in [2.45, 2.75) is 51.2 Å². The van der Waals surface area contributed by atoms with Gasteiger partial charge in [-0.15, -0.1) is 0 Å². The molecule has 10 heteroatoms. The van der Waals surface area contributed by atoms with Gasteiger partial charge in [-0.05, 0) is 23.1 Å². The Bertz CT molecular complexity index is 1260. The van der Waals surface area contributed by atoms with Gasteiger partial charge in [0.15, 0.2) is 0 Å². The molecule has 0 aliphatic rings. The van der Waals surface area contributed by atoms with Gasteiger partial charge in [-0.2, -0.15) is 0 Å². The molecule has 2 aromatic carbocycles. The average molecular weight is 522 g/mol. The van der Waals surface area contributed by atoms with E-state index in [1.54, 1.807) is 30.5 Å². The maximum absolute atomic E-state index is 13.3. The molecular weight excluding hydrogens is 486 g/mol. The minimum atomic E-state index is -1.19. The van der Waals surface area contributed by atoms with Crippen LogP contribution in [0.15, 0.2) is 60.8 Å². The predicted octanol–water partition coefficient (Wildman–Crippen LogP) is 1.50. The predicted molar refractivity (Wildman–Crippen MR) is 144 cm³/mol. The molecule has 0 aliphatic carbocycles. The van der Waals surface area contributed by atoms with E-state index in [2.05, 4.69) is 20.9 Å². The Balaban J connectivity index is 1.74. The zero-order valence-corrected chi connectivity index (χ0v) is 21.6. The summed E-state index contributed by atoms with van der Waals surface area (Å²) in [6.45, 7) is 3.40. The van der Waals surface area contributed by atoms with Crippen LogP contribution in [0.25, 0.3) is 10.9 Å². The third-order valence-electron chi connectivity index (χ3n) is 6.63. The van der Waals surface area contributed by atoms with E-state index in [1.807, 2.05) is 44.2 Å². The second kappa shape index (κ2) is 13.4. The number of carbonyl (C=O) groups excluding carboxylic acids is 3. The fourth-order valence-electron chi connectivity index (χ4n) is 4.09. The Hall–Kier alpha value is -4.18. The van der Waals surface area contributed by atoms with Crippen molar-refractivity contribution in [1.82, 2.24) is 20.9 Å². The lowest BCUT2D eigenvalue weighted by atomic mass is 9.99. The molecule has 1 aromatic heterocycles. The maximum Gasteiger partial charge on any atom is 0.326 e. The van der Waals surface area contributed by atoms with Gasteiger partial charge in [0.1, 0.15) is 12.1 Å². The number of benzene rings is 2. The standard InChI is InChI=1S/C28H35N5O5/c1-3-17(2)25(29)27(36)31-16-24(34)32-22(14-19-15-30-21-12-8-7-11-20(19)21)26(35)33-23(28(37)38)13-18-9-5-4-6-10-18/h4-12,15,17,22-23,25,30H,3,13-14,16,29H2,1-2H3,(H,31,36)(H,32,34)(H,33,35)(H,37,38). The van der Waals surface area contributed by atoms with E-state index in [9.17, 15) is 24.3 Å². The second-order valence-electron chi connectivity index (χ2n) is 9.40. The van der Waals surface area contributed by atoms with Gasteiger partial charge in [-0.1, -0.05) is 68.8 Å². The van der Waals surface area contributed by atoms with E-state index in [-0.39, 0.29) is 25.3 Å². The summed E-state index contributed by atoms with van der Waals surface area (Å²) in [5.41, 5.74) is 8.32. The van der Waals surface area contributed by atoms with E-state index in [0.29, 0.717) is 6.42 Å². The number of para-hydroxylation sites is 1. The van der Waals surface area contributed by atoms with Crippen LogP contribution in [0, 0.1) is 5.92 Å². The molecule has 0 saturated carbocycles. The molecular formula is C28H35N5O5. The molecule has 0 bridgehead atoms. The maximum atomic E-state index is 13.3. The summed E-state index contributed by atoms with van der Waals surface area (Å²) < 4.78 is 0. The SMILES string of the molecule is CCC(C)C(N)C(=O)NCC(=O)NC(Cc1c[nH]c2ccccc12)C(=O)NC(Cc1ccccc1)C(=O)O. The first-order chi connectivity index (χ1) is 18.2. The number of carboxylic acids is 1. The Morgan fingerprint density at radius 2 is 1.61 bits per heavy atom. The molecule has 202 valence electrons. The van der Waals surface area contributed by atoms with Crippen molar-refractivity contribution < 1.29 is 24.3 Å². The van der Waals surface area contributed by atoms with Crippen molar-refractivity contribution in [3.05, 3.63) is 71.9 Å². The fraction of sp³-hybridized carbons (Fsp3) is 0.357. The summed E-state index contributed by atoms with van der Waals surface area (Å²) >= 11 is 0. The van der Waals surface area contributed by atoms with E-state index in [4.69, 9.17) is 5.73 Å². The number of aromatic nitrogens is 1. The largest absolute Gasteiger partial charge is 0.480 e. The average Bonchev–Trinajstić information content (AvgIpc) is 3.33. The summed E-state index contributed by atoms with van der Waals surface area (Å²) in [5, 5.41) is 18.4. The Morgan fingerprint density at radius 1 is 0.921 bits per heavy atom. The minimum Gasteiger partial charge on any atom is -0.480 e. The van der Waals surface area contributed by atoms with Gasteiger partial charge in [0.25, 0.3) is 0 Å². The van der Waals surface area contributed by atoms with Crippen LogP contribution in [-0.2, 0) is 32.0 Å². The highest BCUT2D eigenvalue weighted by atomic mass is 16.4. The Kier molecular flexibility index (Phi) is 10.0. The molecule has 0 aliphatic heterocycles. The van der Waals surface area contributed by atoms with Gasteiger partial charge in [0.05, 0.1) is 12.6 Å². The Morgan fingerprint density at radius 3 is 2.29 bits per heavy atom. The summed E-state index contributed by atoms with van der Waals surface area (Å²) in [7, 11) is 0. The van der Waals surface area contributed by atoms with Crippen LogP contribution in [0.4, 0.5) is 0 Å². The van der Waals surface area contributed by atoms with E-state index >= 15 is 0 Å². The van der Waals surface area contributed by atoms with Crippen molar-refractivity contribution in [3.8, 4) is 0 Å². The number of aliphatic carboxylic acids is 1. The van der Waals surface area contributed by atoms with E-state index in [1.165, 1.54) is 0 Å². The first-order valence-electron chi connectivity index (χ1n) is 12.6. The topological polar surface area (TPSA) is 166 Å². The van der Waals surface area contributed by atoms with Crippen LogP contribution in [0.5, 0.6) is 0 Å². The fourth-order valence-corrected chi connectivity index (χ4v) is 4.09. The molecule has 7 N–H and O–H groups in total. The lowest BCUT2D eigenvalue weighted by molar-refractivity contribution is -0.142. The van der Waals surface area contributed by atoms with Crippen LogP contribution in [-0.4, -0.2) is 58.5 Å². The van der Waals surface area contributed by atoms with Crippen molar-refractivity contribution in [3.63, 3.8) is 0 Å². The lowest BCUT2D eigenvalue weighted by Crippen LogP contribution is -2.55. The number of rotatable bonds is 13. The highest BCUT2D eigenvalue weighted by Gasteiger charge is 2.28. The molecule has 3 amide bonds. The van der Waals surface area contributed by atoms with E-state index < -0.39 is 41.8 Å². The van der Waals surface area contributed by atoms with E-state index in [0.717, 1.165) is 22.0 Å². The van der Waals surface area contributed by atoms with Crippen LogP contribution >= 0.6 is 0 Å². The number of amides is 3. The molecule has 10 nitrogen and oxygen atoms in total. The number of hydrogen-bond donors (Lipinski definition) is 6. The molecule has 0 fully saturated rings. The molecule has 38 heavy (non-hydrogen) atoms. The number of hydrogen-bond acceptors (Lipinski definition) is 5. The van der Waals surface area contributed by atoms with Gasteiger partial charge in [0, 0.05) is 29.9 Å². The van der Waals surface area contributed by atoms with Gasteiger partial charge in [-0.3, -0.25) is 14.4 Å². The van der Waals surface area contributed by atoms with Crippen molar-refractivity contribution in [2.24, 2.45) is 11.7 Å². The summed E-state index contributed by atoms with van der Waals surface area (Å²) in [5.74, 6) is -2.94. The number of carbonyl (C=O) groups is 4. The molecule has 0 saturated heterocycles. The monoisotopic (exact) mass is 521 g/mol. The number of carboxylic acid groups (broad SMARTS) is 1. The van der Waals surface area contributed by atoms with Gasteiger partial charge >= 0.3 is 5.97 Å². The quantitative estimate of drug-likeness (QED) is 0.199. The van der Waals surface area contributed by atoms with Crippen molar-refractivity contribution in [1.29, 1.82) is 0 Å². The third kappa shape index (κ3) is 7.66. The van der Waals surface area contributed by atoms with Gasteiger partial charge in [-0.25, -0.2) is 4.79 Å². The molecule has 1 heterocycles. The summed E-state index contributed by atoms with van der Waals surface area (Å²) in [6, 6.07) is 13.4. The van der Waals surface area contributed by atoms with Crippen molar-refractivity contribution >= 4 is 34.6 Å². The van der Waals surface area contributed by atoms with Gasteiger partial charge < -0.3 is 31.8 Å².